The van der Waals surface area contributed by atoms with E-state index in [9.17, 15) is 23.1 Å². The van der Waals surface area contributed by atoms with Gasteiger partial charge in [-0.15, -0.1) is 11.3 Å². The number of aliphatic hydroxyl groups is 1. The topological polar surface area (TPSA) is 77.9 Å². The number of aromatic nitrogens is 1. The zero-order chi connectivity index (χ0) is 25.0. The Balaban J connectivity index is 1.16. The van der Waals surface area contributed by atoms with Gasteiger partial charge in [-0.2, -0.15) is 13.2 Å². The van der Waals surface area contributed by atoms with E-state index in [0.717, 1.165) is 27.4 Å². The molecule has 0 saturated carbocycles. The van der Waals surface area contributed by atoms with Crippen molar-refractivity contribution in [2.75, 3.05) is 51.2 Å². The minimum absolute atomic E-state index is 0.152. The number of alkyl halides is 3. The molecule has 1 aliphatic rings. The highest BCUT2D eigenvalue weighted by Crippen LogP contribution is 2.30. The lowest BCUT2D eigenvalue weighted by Gasteiger charge is -2.35. The van der Waals surface area contributed by atoms with Crippen molar-refractivity contribution < 1.29 is 27.8 Å². The summed E-state index contributed by atoms with van der Waals surface area (Å²) in [6.07, 6.45) is -5.06. The number of halogens is 3. The van der Waals surface area contributed by atoms with Crippen molar-refractivity contribution in [3.05, 3.63) is 53.0 Å². The molecule has 2 N–H and O–H groups in total. The fraction of sp³-hybridized carbons (Fsp3) is 0.417. The number of fused-ring (bicyclic) bond motifs is 1. The van der Waals surface area contributed by atoms with Crippen molar-refractivity contribution in [2.24, 2.45) is 0 Å². The molecule has 1 fully saturated rings. The number of carbonyl (C=O) groups is 1. The van der Waals surface area contributed by atoms with E-state index in [0.29, 0.717) is 44.2 Å². The van der Waals surface area contributed by atoms with Crippen LogP contribution in [0.3, 0.4) is 0 Å². The van der Waals surface area contributed by atoms with Crippen molar-refractivity contribution in [3.8, 4) is 5.75 Å². The number of nitrogens with one attached hydrogen (secondary N) is 1. The monoisotopic (exact) mass is 508 g/mol. The summed E-state index contributed by atoms with van der Waals surface area (Å²) in [5.41, 5.74) is 0.460. The molecular weight excluding hydrogens is 481 g/mol. The van der Waals surface area contributed by atoms with Gasteiger partial charge in [-0.25, -0.2) is 4.98 Å². The minimum Gasteiger partial charge on any atom is -0.491 e. The maximum Gasteiger partial charge on any atom is 0.416 e. The first-order chi connectivity index (χ1) is 16.7. The van der Waals surface area contributed by atoms with Crippen molar-refractivity contribution in [3.63, 3.8) is 0 Å². The molecule has 1 saturated heterocycles. The van der Waals surface area contributed by atoms with Crippen LogP contribution in [0.5, 0.6) is 5.75 Å². The summed E-state index contributed by atoms with van der Waals surface area (Å²) in [5, 5.41) is 14.0. The van der Waals surface area contributed by atoms with E-state index in [1.54, 1.807) is 11.3 Å². The summed E-state index contributed by atoms with van der Waals surface area (Å²) in [6.45, 7) is 5.42. The quantitative estimate of drug-likeness (QED) is 0.484. The summed E-state index contributed by atoms with van der Waals surface area (Å²) < 4.78 is 44.8. The predicted octanol–water partition coefficient (Wildman–Crippen LogP) is 3.62. The molecule has 0 unspecified atom stereocenters. The molecular formula is C24H27F3N4O3S. The first-order valence-corrected chi connectivity index (χ1v) is 12.1. The van der Waals surface area contributed by atoms with E-state index >= 15 is 0 Å². The average Bonchev–Trinajstić information content (AvgIpc) is 3.18. The Hall–Kier alpha value is -2.73. The molecule has 3 aromatic rings. The third-order valence-corrected chi connectivity index (χ3v) is 6.66. The van der Waals surface area contributed by atoms with Crippen molar-refractivity contribution in [2.45, 2.75) is 19.2 Å². The lowest BCUT2D eigenvalue weighted by molar-refractivity contribution is -0.137. The summed E-state index contributed by atoms with van der Waals surface area (Å²) in [4.78, 5) is 20.8. The fourth-order valence-corrected chi connectivity index (χ4v) is 4.74. The highest BCUT2D eigenvalue weighted by molar-refractivity contribution is 7.18. The number of rotatable bonds is 8. The Bertz CT molecular complexity index is 1150. The van der Waals surface area contributed by atoms with Crippen molar-refractivity contribution in [1.82, 2.24) is 14.8 Å². The van der Waals surface area contributed by atoms with Crippen LogP contribution in [0.2, 0.25) is 0 Å². The molecule has 1 aliphatic heterocycles. The molecule has 2 aromatic carbocycles. The zero-order valence-electron chi connectivity index (χ0n) is 19.2. The van der Waals surface area contributed by atoms with Crippen molar-refractivity contribution in [1.29, 1.82) is 0 Å². The van der Waals surface area contributed by atoms with E-state index in [1.165, 1.54) is 12.1 Å². The molecule has 35 heavy (non-hydrogen) atoms. The van der Waals surface area contributed by atoms with Gasteiger partial charge in [-0.05, 0) is 43.3 Å². The van der Waals surface area contributed by atoms with Crippen LogP contribution >= 0.6 is 11.3 Å². The second-order valence-corrected chi connectivity index (χ2v) is 9.76. The number of hydrogen-bond donors (Lipinski definition) is 2. The van der Waals surface area contributed by atoms with Crippen LogP contribution in [0.1, 0.15) is 10.6 Å². The second kappa shape index (κ2) is 10.9. The number of anilines is 1. The number of nitrogens with zero attached hydrogens (tertiary/aromatic N) is 3. The first-order valence-electron chi connectivity index (χ1n) is 11.3. The van der Waals surface area contributed by atoms with E-state index in [1.807, 2.05) is 30.0 Å². The van der Waals surface area contributed by atoms with Gasteiger partial charge in [-0.3, -0.25) is 14.6 Å². The number of benzene rings is 2. The van der Waals surface area contributed by atoms with Crippen LogP contribution < -0.4 is 10.1 Å². The Morgan fingerprint density at radius 1 is 1.14 bits per heavy atom. The van der Waals surface area contributed by atoms with Gasteiger partial charge < -0.3 is 15.2 Å². The summed E-state index contributed by atoms with van der Waals surface area (Å²) in [7, 11) is 0. The smallest absolute Gasteiger partial charge is 0.416 e. The van der Waals surface area contributed by atoms with E-state index in [-0.39, 0.29) is 19.1 Å². The molecule has 188 valence electrons. The van der Waals surface area contributed by atoms with E-state index < -0.39 is 17.8 Å². The summed E-state index contributed by atoms with van der Waals surface area (Å²) in [5.74, 6) is 0.393. The number of piperazine rings is 1. The molecule has 0 aliphatic carbocycles. The lowest BCUT2D eigenvalue weighted by atomic mass is 10.2. The SMILES string of the molecule is Cc1nc2cc(OC[C@@H](O)CN3CCN(CC(=O)Nc4ccc(C(F)(F)F)cc4)CC3)ccc2s1. The van der Waals surface area contributed by atoms with Gasteiger partial charge in [0.05, 0.1) is 27.3 Å². The summed E-state index contributed by atoms with van der Waals surface area (Å²) >= 11 is 1.62. The Labute approximate surface area is 205 Å². The van der Waals surface area contributed by atoms with Crippen LogP contribution in [-0.4, -0.2) is 77.8 Å². The maximum absolute atomic E-state index is 12.7. The predicted molar refractivity (Wildman–Crippen MR) is 129 cm³/mol. The Morgan fingerprint density at radius 3 is 2.51 bits per heavy atom. The normalized spacial score (nSPS) is 16.4. The molecule has 0 bridgehead atoms. The van der Waals surface area contributed by atoms with Gasteiger partial charge in [0, 0.05) is 44.5 Å². The molecule has 7 nitrogen and oxygen atoms in total. The van der Waals surface area contributed by atoms with Crippen LogP contribution in [0.25, 0.3) is 10.2 Å². The molecule has 1 atom stereocenters. The molecule has 1 amide bonds. The van der Waals surface area contributed by atoms with Crippen molar-refractivity contribution >= 4 is 33.1 Å². The largest absolute Gasteiger partial charge is 0.491 e. The number of aryl methyl sites for hydroxylation is 1. The Kier molecular flexibility index (Phi) is 7.90. The number of ether oxygens (including phenoxy) is 1. The molecule has 2 heterocycles. The zero-order valence-corrected chi connectivity index (χ0v) is 20.0. The minimum atomic E-state index is -4.41. The number of aliphatic hydroxyl groups excluding tert-OH is 1. The van der Waals surface area contributed by atoms with Gasteiger partial charge in [0.15, 0.2) is 0 Å². The number of amides is 1. The molecule has 11 heteroatoms. The summed E-state index contributed by atoms with van der Waals surface area (Å²) in [6, 6.07) is 10.1. The average molecular weight is 509 g/mol. The molecule has 0 spiro atoms. The third kappa shape index (κ3) is 7.14. The molecule has 1 aromatic heterocycles. The highest BCUT2D eigenvalue weighted by atomic mass is 32.1. The second-order valence-electron chi connectivity index (χ2n) is 8.53. The maximum atomic E-state index is 12.7. The number of carbonyl (C=O) groups excluding carboxylic acids is 1. The fourth-order valence-electron chi connectivity index (χ4n) is 3.93. The Morgan fingerprint density at radius 2 is 1.83 bits per heavy atom. The number of hydrogen-bond acceptors (Lipinski definition) is 7. The van der Waals surface area contributed by atoms with Crippen LogP contribution in [-0.2, 0) is 11.0 Å². The van der Waals surface area contributed by atoms with Gasteiger partial charge in [0.25, 0.3) is 0 Å². The highest BCUT2D eigenvalue weighted by Gasteiger charge is 2.30. The number of thiazole rings is 1. The van der Waals surface area contributed by atoms with Gasteiger partial charge in [-0.1, -0.05) is 0 Å². The molecule has 0 radical (unpaired) electrons. The van der Waals surface area contributed by atoms with Crippen LogP contribution in [0, 0.1) is 6.92 Å². The van der Waals surface area contributed by atoms with E-state index in [4.69, 9.17) is 4.74 Å². The standard InChI is InChI=1S/C24H27F3N4O3S/c1-16-28-21-12-20(6-7-22(21)35-16)34-15-19(32)13-30-8-10-31(11-9-30)14-23(33)29-18-4-2-17(3-5-18)24(25,26)27/h2-7,12,19,32H,8-11,13-15H2,1H3,(H,29,33)/t19-/m0/s1. The number of β-amino-alcohol motifs (C(OH)–C–C–N with tert-alkyl or cyclic N) is 1. The third-order valence-electron chi connectivity index (χ3n) is 5.71. The van der Waals surface area contributed by atoms with Gasteiger partial charge >= 0.3 is 6.18 Å². The first kappa shape index (κ1) is 25.4. The van der Waals surface area contributed by atoms with E-state index in [2.05, 4.69) is 15.2 Å². The van der Waals surface area contributed by atoms with Crippen LogP contribution in [0.4, 0.5) is 18.9 Å². The van der Waals surface area contributed by atoms with Crippen LogP contribution in [0.15, 0.2) is 42.5 Å². The van der Waals surface area contributed by atoms with Gasteiger partial charge in [0.1, 0.15) is 18.5 Å². The lowest BCUT2D eigenvalue weighted by Crippen LogP contribution is -2.50. The molecule has 4 rings (SSSR count). The van der Waals surface area contributed by atoms with Gasteiger partial charge in [0.2, 0.25) is 5.91 Å².